The van der Waals surface area contributed by atoms with Gasteiger partial charge in [0.05, 0.1) is 11.9 Å². The van der Waals surface area contributed by atoms with Crippen molar-refractivity contribution in [1.82, 2.24) is 19.9 Å². The lowest BCUT2D eigenvalue weighted by Crippen LogP contribution is -2.27. The van der Waals surface area contributed by atoms with Gasteiger partial charge in [0.2, 0.25) is 0 Å². The summed E-state index contributed by atoms with van der Waals surface area (Å²) in [7, 11) is 0. The first-order valence-electron chi connectivity index (χ1n) is 6.23. The highest BCUT2D eigenvalue weighted by Gasteiger charge is 2.05. The summed E-state index contributed by atoms with van der Waals surface area (Å²) in [6.07, 6.45) is 6.87. The van der Waals surface area contributed by atoms with E-state index in [0.717, 1.165) is 12.4 Å². The molecule has 19 heavy (non-hydrogen) atoms. The van der Waals surface area contributed by atoms with E-state index in [0.29, 0.717) is 18.7 Å². The first kappa shape index (κ1) is 13.1. The smallest absolute Gasteiger partial charge is 0.252 e. The lowest BCUT2D eigenvalue weighted by atomic mass is 10.2. The topological polar surface area (TPSA) is 71.8 Å². The van der Waals surface area contributed by atoms with Gasteiger partial charge in [-0.05, 0) is 19.1 Å². The van der Waals surface area contributed by atoms with Crippen LogP contribution in [0.3, 0.4) is 0 Å². The van der Waals surface area contributed by atoms with Crippen molar-refractivity contribution in [1.29, 1.82) is 0 Å². The summed E-state index contributed by atoms with van der Waals surface area (Å²) in [6.45, 7) is 4.07. The van der Waals surface area contributed by atoms with E-state index in [1.807, 2.05) is 17.7 Å². The molecule has 6 heteroatoms. The van der Waals surface area contributed by atoms with Crippen LogP contribution in [0.5, 0.6) is 0 Å². The van der Waals surface area contributed by atoms with E-state index >= 15 is 0 Å². The van der Waals surface area contributed by atoms with Crippen LogP contribution in [0, 0.1) is 0 Å². The van der Waals surface area contributed by atoms with Crippen LogP contribution in [-0.4, -0.2) is 33.5 Å². The molecule has 2 N–H and O–H groups in total. The molecule has 0 saturated carbocycles. The zero-order valence-electron chi connectivity index (χ0n) is 10.8. The van der Waals surface area contributed by atoms with Crippen LogP contribution in [0.2, 0.25) is 0 Å². The van der Waals surface area contributed by atoms with Gasteiger partial charge in [-0.15, -0.1) is 0 Å². The number of nitrogens with zero attached hydrogens (tertiary/aromatic N) is 3. The average molecular weight is 259 g/mol. The number of anilines is 1. The minimum absolute atomic E-state index is 0.115. The standard InChI is InChI=1S/C13H17N5O/c1-2-15-12-4-3-11(9-17-12)13(19)16-6-8-18-7-5-14-10-18/h3-5,7,9-10H,2,6,8H2,1H3,(H,15,17)(H,16,19). The molecule has 100 valence electrons. The molecule has 0 saturated heterocycles. The number of hydrogen-bond acceptors (Lipinski definition) is 4. The fourth-order valence-electron chi connectivity index (χ4n) is 1.63. The second kappa shape index (κ2) is 6.53. The van der Waals surface area contributed by atoms with Crippen LogP contribution in [0.25, 0.3) is 0 Å². The lowest BCUT2D eigenvalue weighted by molar-refractivity contribution is 0.0952. The monoisotopic (exact) mass is 259 g/mol. The van der Waals surface area contributed by atoms with Gasteiger partial charge in [0.15, 0.2) is 0 Å². The summed E-state index contributed by atoms with van der Waals surface area (Å²) in [5.74, 6) is 0.660. The Morgan fingerprint density at radius 1 is 1.42 bits per heavy atom. The van der Waals surface area contributed by atoms with Crippen LogP contribution in [-0.2, 0) is 6.54 Å². The van der Waals surface area contributed by atoms with E-state index in [-0.39, 0.29) is 5.91 Å². The zero-order chi connectivity index (χ0) is 13.5. The maximum absolute atomic E-state index is 11.8. The van der Waals surface area contributed by atoms with Crippen molar-refractivity contribution >= 4 is 11.7 Å². The largest absolute Gasteiger partial charge is 0.370 e. The van der Waals surface area contributed by atoms with E-state index in [1.165, 1.54) is 0 Å². The normalized spacial score (nSPS) is 10.2. The van der Waals surface area contributed by atoms with Crippen LogP contribution >= 0.6 is 0 Å². The zero-order valence-corrected chi connectivity index (χ0v) is 10.8. The summed E-state index contributed by atoms with van der Waals surface area (Å²) in [5, 5.41) is 5.92. The second-order valence-corrected chi connectivity index (χ2v) is 4.02. The molecule has 2 aromatic rings. The van der Waals surface area contributed by atoms with Gasteiger partial charge in [-0.2, -0.15) is 0 Å². The van der Waals surface area contributed by atoms with Crippen molar-refractivity contribution in [2.75, 3.05) is 18.4 Å². The fraction of sp³-hybridized carbons (Fsp3) is 0.308. The van der Waals surface area contributed by atoms with Gasteiger partial charge >= 0.3 is 0 Å². The molecule has 0 bridgehead atoms. The molecule has 0 spiro atoms. The molecule has 0 radical (unpaired) electrons. The van der Waals surface area contributed by atoms with Crippen molar-refractivity contribution in [3.8, 4) is 0 Å². The molecule has 2 heterocycles. The van der Waals surface area contributed by atoms with Crippen LogP contribution in [0.1, 0.15) is 17.3 Å². The maximum atomic E-state index is 11.8. The number of amides is 1. The molecule has 0 fully saturated rings. The van der Waals surface area contributed by atoms with Crippen LogP contribution in [0.15, 0.2) is 37.1 Å². The third-order valence-corrected chi connectivity index (χ3v) is 2.60. The Hall–Kier alpha value is -2.37. The number of hydrogen-bond donors (Lipinski definition) is 2. The number of rotatable bonds is 6. The summed E-state index contributed by atoms with van der Waals surface area (Å²) >= 11 is 0. The van der Waals surface area contributed by atoms with Gasteiger partial charge in [0.25, 0.3) is 5.91 Å². The molecule has 6 nitrogen and oxygen atoms in total. The van der Waals surface area contributed by atoms with Crippen molar-refractivity contribution in [3.63, 3.8) is 0 Å². The highest BCUT2D eigenvalue weighted by molar-refractivity contribution is 5.93. The Kier molecular flexibility index (Phi) is 4.49. The number of nitrogens with one attached hydrogen (secondary N) is 2. The highest BCUT2D eigenvalue weighted by Crippen LogP contribution is 2.04. The molecule has 2 aromatic heterocycles. The lowest BCUT2D eigenvalue weighted by Gasteiger charge is -2.06. The van der Waals surface area contributed by atoms with Crippen LogP contribution < -0.4 is 10.6 Å². The second-order valence-electron chi connectivity index (χ2n) is 4.02. The Labute approximate surface area is 111 Å². The van der Waals surface area contributed by atoms with E-state index in [2.05, 4.69) is 20.6 Å². The molecule has 0 aliphatic heterocycles. The van der Waals surface area contributed by atoms with Crippen molar-refractivity contribution in [2.45, 2.75) is 13.5 Å². The van der Waals surface area contributed by atoms with Gasteiger partial charge in [-0.1, -0.05) is 0 Å². The average Bonchev–Trinajstić information content (AvgIpc) is 2.93. The molecule has 0 aliphatic carbocycles. The Balaban J connectivity index is 1.82. The first-order chi connectivity index (χ1) is 9.29. The van der Waals surface area contributed by atoms with Crippen molar-refractivity contribution in [3.05, 3.63) is 42.6 Å². The summed E-state index contributed by atoms with van der Waals surface area (Å²) in [4.78, 5) is 19.9. The molecule has 2 rings (SSSR count). The number of aromatic nitrogens is 3. The SMILES string of the molecule is CCNc1ccc(C(=O)NCCn2ccnc2)cn1. The van der Waals surface area contributed by atoms with Gasteiger partial charge in [0.1, 0.15) is 5.82 Å². The number of carbonyl (C=O) groups is 1. The van der Waals surface area contributed by atoms with Crippen molar-refractivity contribution < 1.29 is 4.79 Å². The summed E-state index contributed by atoms with van der Waals surface area (Å²) in [6, 6.07) is 3.56. The van der Waals surface area contributed by atoms with Gasteiger partial charge in [-0.25, -0.2) is 9.97 Å². The van der Waals surface area contributed by atoms with E-state index in [9.17, 15) is 4.79 Å². The highest BCUT2D eigenvalue weighted by atomic mass is 16.1. The fourth-order valence-corrected chi connectivity index (χ4v) is 1.63. The molecular weight excluding hydrogens is 242 g/mol. The van der Waals surface area contributed by atoms with Gasteiger partial charge in [-0.3, -0.25) is 4.79 Å². The summed E-state index contributed by atoms with van der Waals surface area (Å²) < 4.78 is 1.91. The minimum Gasteiger partial charge on any atom is -0.370 e. The number of pyridine rings is 1. The number of carbonyl (C=O) groups excluding carboxylic acids is 1. The van der Waals surface area contributed by atoms with E-state index < -0.39 is 0 Å². The predicted octanol–water partition coefficient (Wildman–Crippen LogP) is 1.14. The molecule has 0 aliphatic rings. The molecule has 0 aromatic carbocycles. The van der Waals surface area contributed by atoms with Crippen LogP contribution in [0.4, 0.5) is 5.82 Å². The Bertz CT molecular complexity index is 506. The maximum Gasteiger partial charge on any atom is 0.252 e. The Morgan fingerprint density at radius 3 is 2.95 bits per heavy atom. The Morgan fingerprint density at radius 2 is 2.32 bits per heavy atom. The van der Waals surface area contributed by atoms with Gasteiger partial charge < -0.3 is 15.2 Å². The quantitative estimate of drug-likeness (QED) is 0.816. The van der Waals surface area contributed by atoms with E-state index in [4.69, 9.17) is 0 Å². The third-order valence-electron chi connectivity index (χ3n) is 2.60. The van der Waals surface area contributed by atoms with Crippen molar-refractivity contribution in [2.24, 2.45) is 0 Å². The summed E-state index contributed by atoms with van der Waals surface area (Å²) in [5.41, 5.74) is 0.562. The molecule has 0 unspecified atom stereocenters. The molecule has 0 atom stereocenters. The van der Waals surface area contributed by atoms with Gasteiger partial charge in [0, 0.05) is 38.2 Å². The van der Waals surface area contributed by atoms with E-state index in [1.54, 1.807) is 30.9 Å². The first-order valence-corrected chi connectivity index (χ1v) is 6.23. The predicted molar refractivity (Wildman–Crippen MR) is 73.0 cm³/mol. The number of imidazole rings is 1. The molecular formula is C13H17N5O. The molecule has 1 amide bonds. The third kappa shape index (κ3) is 3.80. The minimum atomic E-state index is -0.115.